The zero-order valence-corrected chi connectivity index (χ0v) is 18.2. The Morgan fingerprint density at radius 1 is 1.26 bits per heavy atom. The van der Waals surface area contributed by atoms with Gasteiger partial charge >= 0.3 is 0 Å². The summed E-state index contributed by atoms with van der Waals surface area (Å²) in [4.78, 5) is 15.1. The Hall–Kier alpha value is -2.97. The minimum Gasteiger partial charge on any atom is -0.373 e. The second-order valence-electron chi connectivity index (χ2n) is 7.81. The molecule has 1 saturated heterocycles. The first-order valence-electron chi connectivity index (χ1n) is 10.8. The van der Waals surface area contributed by atoms with Crippen LogP contribution in [-0.4, -0.2) is 51.5 Å². The number of nitrogens with one attached hydrogen (secondary N) is 1. The first kappa shape index (κ1) is 21.3. The van der Waals surface area contributed by atoms with E-state index in [9.17, 15) is 4.79 Å². The fourth-order valence-electron chi connectivity index (χ4n) is 4.13. The number of ether oxygens (including phenoxy) is 1. The van der Waals surface area contributed by atoms with Crippen molar-refractivity contribution in [1.82, 2.24) is 19.8 Å². The molecule has 4 rings (SSSR count). The molecule has 3 aromatic rings. The van der Waals surface area contributed by atoms with E-state index in [1.807, 2.05) is 31.3 Å². The highest BCUT2D eigenvalue weighted by atomic mass is 16.5. The third-order valence-corrected chi connectivity index (χ3v) is 5.86. The number of benzene rings is 1. The van der Waals surface area contributed by atoms with E-state index in [2.05, 4.69) is 34.3 Å². The predicted molar refractivity (Wildman–Crippen MR) is 118 cm³/mol. The van der Waals surface area contributed by atoms with Crippen LogP contribution in [0.4, 0.5) is 5.69 Å². The van der Waals surface area contributed by atoms with Gasteiger partial charge in [-0.25, -0.2) is 0 Å². The molecule has 8 nitrogen and oxygen atoms in total. The number of aryl methyl sites for hydroxylation is 1. The van der Waals surface area contributed by atoms with Gasteiger partial charge in [0.25, 0.3) is 5.91 Å². The van der Waals surface area contributed by atoms with Gasteiger partial charge in [0.1, 0.15) is 0 Å². The summed E-state index contributed by atoms with van der Waals surface area (Å²) >= 11 is 0. The third-order valence-electron chi connectivity index (χ3n) is 5.86. The summed E-state index contributed by atoms with van der Waals surface area (Å²) in [6.45, 7) is 7.31. The lowest BCUT2D eigenvalue weighted by molar-refractivity contribution is -0.0265. The fourth-order valence-corrected chi connectivity index (χ4v) is 4.13. The molecule has 0 aliphatic carbocycles. The number of aromatic nitrogens is 3. The molecule has 0 saturated carbocycles. The summed E-state index contributed by atoms with van der Waals surface area (Å²) in [7, 11) is 1.82. The summed E-state index contributed by atoms with van der Waals surface area (Å²) in [5.41, 5.74) is 2.83. The lowest BCUT2D eigenvalue weighted by Gasteiger charge is -2.36. The van der Waals surface area contributed by atoms with Crippen LogP contribution in [-0.2, 0) is 11.8 Å². The molecule has 0 bridgehead atoms. The first-order valence-corrected chi connectivity index (χ1v) is 10.8. The number of carbonyl (C=O) groups is 1. The Morgan fingerprint density at radius 2 is 2.03 bits per heavy atom. The van der Waals surface area contributed by atoms with Crippen LogP contribution in [0, 0.1) is 0 Å². The number of hydrogen-bond donors (Lipinski definition) is 1. The van der Waals surface area contributed by atoms with Gasteiger partial charge in [0.2, 0.25) is 0 Å². The molecule has 2 aromatic heterocycles. The standard InChI is InChI=1S/C23H29N5O3/c1-4-28(5-2)19-10-11-30-21(12-19)16-6-8-18(9-7-16)25-23(29)20-13-22(31-26-20)17-14-24-27(3)15-17/h6-9,13-15,19,21H,4-5,10-12H2,1-3H3,(H,25,29)/t19-,21+/m1/s1. The molecular formula is C23H29N5O3. The van der Waals surface area contributed by atoms with E-state index in [1.165, 1.54) is 0 Å². The molecule has 1 N–H and O–H groups in total. The van der Waals surface area contributed by atoms with E-state index in [4.69, 9.17) is 9.26 Å². The van der Waals surface area contributed by atoms with Gasteiger partial charge < -0.3 is 19.5 Å². The maximum Gasteiger partial charge on any atom is 0.277 e. The molecular weight excluding hydrogens is 394 g/mol. The SMILES string of the molecule is CCN(CC)[C@@H]1CCO[C@H](c2ccc(NC(=O)c3cc(-c4cnn(C)c4)on3)cc2)C1. The molecule has 8 heteroatoms. The molecule has 0 spiro atoms. The van der Waals surface area contributed by atoms with Crippen molar-refractivity contribution >= 4 is 11.6 Å². The summed E-state index contributed by atoms with van der Waals surface area (Å²) in [6, 6.07) is 10.0. The number of nitrogens with zero attached hydrogens (tertiary/aromatic N) is 4. The molecule has 0 unspecified atom stereocenters. The highest BCUT2D eigenvalue weighted by Crippen LogP contribution is 2.31. The van der Waals surface area contributed by atoms with E-state index in [-0.39, 0.29) is 17.7 Å². The van der Waals surface area contributed by atoms with Crippen LogP contribution >= 0.6 is 0 Å². The minimum absolute atomic E-state index is 0.0849. The van der Waals surface area contributed by atoms with Crippen LogP contribution in [0.15, 0.2) is 47.2 Å². The maximum atomic E-state index is 12.5. The van der Waals surface area contributed by atoms with Crippen LogP contribution in [0.1, 0.15) is 48.8 Å². The summed E-state index contributed by atoms with van der Waals surface area (Å²) in [5.74, 6) is 0.188. The molecule has 0 radical (unpaired) electrons. The zero-order chi connectivity index (χ0) is 21.8. The van der Waals surface area contributed by atoms with Crippen molar-refractivity contribution < 1.29 is 14.1 Å². The highest BCUT2D eigenvalue weighted by molar-refractivity contribution is 6.03. The third kappa shape index (κ3) is 4.86. The van der Waals surface area contributed by atoms with Crippen LogP contribution in [0.25, 0.3) is 11.3 Å². The van der Waals surface area contributed by atoms with Crippen LogP contribution < -0.4 is 5.32 Å². The minimum atomic E-state index is -0.317. The monoisotopic (exact) mass is 423 g/mol. The van der Waals surface area contributed by atoms with Crippen molar-refractivity contribution in [2.24, 2.45) is 7.05 Å². The quantitative estimate of drug-likeness (QED) is 0.621. The number of hydrogen-bond acceptors (Lipinski definition) is 6. The lowest BCUT2D eigenvalue weighted by atomic mass is 9.96. The Balaban J connectivity index is 1.38. The first-order chi connectivity index (χ1) is 15.1. The van der Waals surface area contributed by atoms with Crippen molar-refractivity contribution in [2.45, 2.75) is 38.8 Å². The van der Waals surface area contributed by atoms with E-state index < -0.39 is 0 Å². The Bertz CT molecular complexity index is 1010. The fraction of sp³-hybridized carbons (Fsp3) is 0.435. The summed E-state index contributed by atoms with van der Waals surface area (Å²) in [6.07, 6.45) is 5.62. The van der Waals surface area contributed by atoms with E-state index in [1.54, 1.807) is 23.1 Å². The molecule has 1 aliphatic heterocycles. The van der Waals surface area contributed by atoms with E-state index in [0.29, 0.717) is 17.5 Å². The highest BCUT2D eigenvalue weighted by Gasteiger charge is 2.27. The van der Waals surface area contributed by atoms with Crippen LogP contribution in [0.5, 0.6) is 0 Å². The predicted octanol–water partition coefficient (Wildman–Crippen LogP) is 3.89. The molecule has 31 heavy (non-hydrogen) atoms. The molecule has 1 amide bonds. The largest absolute Gasteiger partial charge is 0.373 e. The van der Waals surface area contributed by atoms with Gasteiger partial charge in [0.15, 0.2) is 11.5 Å². The average Bonchev–Trinajstić information content (AvgIpc) is 3.45. The molecule has 1 aromatic carbocycles. The molecule has 1 aliphatic rings. The summed E-state index contributed by atoms with van der Waals surface area (Å²) in [5, 5.41) is 10.9. The zero-order valence-electron chi connectivity index (χ0n) is 18.2. The van der Waals surface area contributed by atoms with Crippen molar-refractivity contribution in [2.75, 3.05) is 25.0 Å². The number of carbonyl (C=O) groups excluding carboxylic acids is 1. The average molecular weight is 424 g/mol. The van der Waals surface area contributed by atoms with Gasteiger partial charge in [-0.1, -0.05) is 31.1 Å². The molecule has 2 atom stereocenters. The van der Waals surface area contributed by atoms with Gasteiger partial charge in [-0.15, -0.1) is 0 Å². The Morgan fingerprint density at radius 3 is 2.71 bits per heavy atom. The van der Waals surface area contributed by atoms with Gasteiger partial charge in [-0.3, -0.25) is 9.48 Å². The molecule has 164 valence electrons. The van der Waals surface area contributed by atoms with Crippen molar-refractivity contribution in [3.05, 3.63) is 54.0 Å². The van der Waals surface area contributed by atoms with E-state index >= 15 is 0 Å². The Kier molecular flexibility index (Phi) is 6.48. The van der Waals surface area contributed by atoms with Crippen molar-refractivity contribution in [1.29, 1.82) is 0 Å². The maximum absolute atomic E-state index is 12.5. The van der Waals surface area contributed by atoms with Crippen molar-refractivity contribution in [3.63, 3.8) is 0 Å². The second kappa shape index (κ2) is 9.45. The lowest BCUT2D eigenvalue weighted by Crippen LogP contribution is -2.40. The van der Waals surface area contributed by atoms with Crippen LogP contribution in [0.3, 0.4) is 0 Å². The van der Waals surface area contributed by atoms with Crippen molar-refractivity contribution in [3.8, 4) is 11.3 Å². The van der Waals surface area contributed by atoms with Gasteiger partial charge in [0, 0.05) is 37.6 Å². The molecule has 1 fully saturated rings. The van der Waals surface area contributed by atoms with Gasteiger partial charge in [-0.05, 0) is 43.6 Å². The smallest absolute Gasteiger partial charge is 0.277 e. The Labute approximate surface area is 182 Å². The van der Waals surface area contributed by atoms with Gasteiger partial charge in [-0.2, -0.15) is 5.10 Å². The summed E-state index contributed by atoms with van der Waals surface area (Å²) < 4.78 is 13.0. The normalized spacial score (nSPS) is 19.0. The topological polar surface area (TPSA) is 85.4 Å². The van der Waals surface area contributed by atoms with Gasteiger partial charge in [0.05, 0.1) is 17.9 Å². The second-order valence-corrected chi connectivity index (χ2v) is 7.81. The number of anilines is 1. The van der Waals surface area contributed by atoms with E-state index in [0.717, 1.165) is 43.7 Å². The number of rotatable bonds is 7. The molecule has 3 heterocycles. The number of amides is 1. The van der Waals surface area contributed by atoms with Crippen LogP contribution in [0.2, 0.25) is 0 Å².